The number of nitrogens with one attached hydrogen (secondary N) is 2. The van der Waals surface area contributed by atoms with Crippen molar-refractivity contribution in [3.8, 4) is 0 Å². The number of likely N-dealkylation sites (N-methyl/N-ethyl adjacent to an activating group) is 1. The Hall–Kier alpha value is -3.38. The molecule has 2 amide bonds. The number of anilines is 2. The summed E-state index contributed by atoms with van der Waals surface area (Å²) in [6.07, 6.45) is 2.26. The molecule has 2 N–H and O–H groups in total. The lowest BCUT2D eigenvalue weighted by Crippen LogP contribution is -2.35. The number of hydrogen-bond donors (Lipinski definition) is 2. The van der Waals surface area contributed by atoms with Crippen LogP contribution >= 0.6 is 0 Å². The summed E-state index contributed by atoms with van der Waals surface area (Å²) in [5.41, 5.74) is 2.78. The summed E-state index contributed by atoms with van der Waals surface area (Å²) in [6, 6.07) is 19.2. The molecule has 0 saturated carbocycles. The standard InChI is InChI=1S/C28H34N4O2/c1-3-31(4-2)19-16-29-27(33)25-20-22(14-15-26(25)32-17-7-8-18-32)30-28(34)24-13-9-11-21-10-5-6-12-23(21)24/h5-6,9-15,20H,3-4,7-8,16-19H2,1-2H3,(H,29,33)(H,30,34). The monoisotopic (exact) mass is 458 g/mol. The van der Waals surface area contributed by atoms with Crippen molar-refractivity contribution in [2.24, 2.45) is 0 Å². The molecule has 1 aliphatic rings. The molecule has 0 bridgehead atoms. The summed E-state index contributed by atoms with van der Waals surface area (Å²) in [4.78, 5) is 30.9. The largest absolute Gasteiger partial charge is 0.371 e. The van der Waals surface area contributed by atoms with Crippen molar-refractivity contribution >= 4 is 34.0 Å². The van der Waals surface area contributed by atoms with Gasteiger partial charge in [-0.2, -0.15) is 0 Å². The minimum Gasteiger partial charge on any atom is -0.371 e. The Balaban J connectivity index is 1.56. The number of carbonyl (C=O) groups is 2. The molecule has 4 rings (SSSR count). The van der Waals surface area contributed by atoms with Crippen molar-refractivity contribution in [2.45, 2.75) is 26.7 Å². The molecular weight excluding hydrogens is 424 g/mol. The van der Waals surface area contributed by atoms with Crippen molar-refractivity contribution in [3.63, 3.8) is 0 Å². The normalized spacial score (nSPS) is 13.4. The van der Waals surface area contributed by atoms with Crippen LogP contribution in [0.4, 0.5) is 11.4 Å². The highest BCUT2D eigenvalue weighted by atomic mass is 16.2. The molecule has 1 heterocycles. The Morgan fingerprint density at radius 3 is 2.38 bits per heavy atom. The SMILES string of the molecule is CCN(CC)CCNC(=O)c1cc(NC(=O)c2cccc3ccccc23)ccc1N1CCCC1. The van der Waals surface area contributed by atoms with E-state index in [2.05, 4.69) is 34.3 Å². The topological polar surface area (TPSA) is 64.7 Å². The average Bonchev–Trinajstić information content (AvgIpc) is 3.41. The van der Waals surface area contributed by atoms with Crippen LogP contribution in [0.5, 0.6) is 0 Å². The van der Waals surface area contributed by atoms with Crippen molar-refractivity contribution in [1.82, 2.24) is 10.2 Å². The van der Waals surface area contributed by atoms with Gasteiger partial charge in [-0.05, 0) is 61.0 Å². The number of nitrogens with zero attached hydrogens (tertiary/aromatic N) is 2. The average molecular weight is 459 g/mol. The van der Waals surface area contributed by atoms with Gasteiger partial charge in [-0.15, -0.1) is 0 Å². The molecule has 6 heteroatoms. The van der Waals surface area contributed by atoms with Crippen LogP contribution in [-0.2, 0) is 0 Å². The molecule has 1 aliphatic heterocycles. The zero-order chi connectivity index (χ0) is 23.9. The van der Waals surface area contributed by atoms with Gasteiger partial charge in [-0.1, -0.05) is 50.2 Å². The fourth-order valence-electron chi connectivity index (χ4n) is 4.61. The molecule has 0 radical (unpaired) electrons. The minimum absolute atomic E-state index is 0.102. The highest BCUT2D eigenvalue weighted by Gasteiger charge is 2.21. The van der Waals surface area contributed by atoms with Crippen molar-refractivity contribution in [3.05, 3.63) is 71.8 Å². The second kappa shape index (κ2) is 11.2. The van der Waals surface area contributed by atoms with Crippen LogP contribution in [0.2, 0.25) is 0 Å². The molecule has 178 valence electrons. The second-order valence-corrected chi connectivity index (χ2v) is 8.69. The Morgan fingerprint density at radius 2 is 1.62 bits per heavy atom. The van der Waals surface area contributed by atoms with Gasteiger partial charge >= 0.3 is 0 Å². The molecule has 1 fully saturated rings. The van der Waals surface area contributed by atoms with E-state index in [1.807, 2.05) is 60.7 Å². The maximum Gasteiger partial charge on any atom is 0.256 e. The van der Waals surface area contributed by atoms with Gasteiger partial charge in [0, 0.05) is 43.1 Å². The maximum absolute atomic E-state index is 13.2. The van der Waals surface area contributed by atoms with Crippen molar-refractivity contribution < 1.29 is 9.59 Å². The summed E-state index contributed by atoms with van der Waals surface area (Å²) in [7, 11) is 0. The Bertz CT molecular complexity index is 1140. The first kappa shape index (κ1) is 23.8. The van der Waals surface area contributed by atoms with Gasteiger partial charge in [0.05, 0.1) is 5.56 Å². The second-order valence-electron chi connectivity index (χ2n) is 8.69. The molecule has 0 spiro atoms. The van der Waals surface area contributed by atoms with E-state index in [0.29, 0.717) is 23.4 Å². The molecular formula is C28H34N4O2. The number of carbonyl (C=O) groups excluding carboxylic acids is 2. The highest BCUT2D eigenvalue weighted by molar-refractivity contribution is 6.13. The first-order valence-corrected chi connectivity index (χ1v) is 12.3. The van der Waals surface area contributed by atoms with Crippen molar-refractivity contribution in [2.75, 3.05) is 49.5 Å². The molecule has 34 heavy (non-hydrogen) atoms. The van der Waals surface area contributed by atoms with E-state index in [0.717, 1.165) is 62.0 Å². The molecule has 0 atom stereocenters. The van der Waals surface area contributed by atoms with E-state index < -0.39 is 0 Å². The lowest BCUT2D eigenvalue weighted by Gasteiger charge is -2.23. The van der Waals surface area contributed by atoms with Gasteiger partial charge in [-0.25, -0.2) is 0 Å². The van der Waals surface area contributed by atoms with Crippen LogP contribution in [0.25, 0.3) is 10.8 Å². The maximum atomic E-state index is 13.2. The van der Waals surface area contributed by atoms with Crippen LogP contribution in [-0.4, -0.2) is 56.0 Å². The quantitative estimate of drug-likeness (QED) is 0.485. The fraction of sp³-hybridized carbons (Fsp3) is 0.357. The number of benzene rings is 3. The number of fused-ring (bicyclic) bond motifs is 1. The van der Waals surface area contributed by atoms with Crippen LogP contribution in [0.1, 0.15) is 47.4 Å². The van der Waals surface area contributed by atoms with E-state index in [-0.39, 0.29) is 11.8 Å². The summed E-state index contributed by atoms with van der Waals surface area (Å²) in [5.74, 6) is -0.283. The van der Waals surface area contributed by atoms with Gasteiger partial charge in [0.2, 0.25) is 0 Å². The fourth-order valence-corrected chi connectivity index (χ4v) is 4.61. The van der Waals surface area contributed by atoms with Gasteiger partial charge in [0.1, 0.15) is 0 Å². The lowest BCUT2D eigenvalue weighted by atomic mass is 10.0. The Labute approximate surface area is 201 Å². The minimum atomic E-state index is -0.182. The number of hydrogen-bond acceptors (Lipinski definition) is 4. The third-order valence-electron chi connectivity index (χ3n) is 6.59. The zero-order valence-corrected chi connectivity index (χ0v) is 20.1. The zero-order valence-electron chi connectivity index (χ0n) is 20.1. The Kier molecular flexibility index (Phi) is 7.80. The third-order valence-corrected chi connectivity index (χ3v) is 6.59. The summed E-state index contributed by atoms with van der Waals surface area (Å²) < 4.78 is 0. The van der Waals surface area contributed by atoms with Crippen LogP contribution in [0.3, 0.4) is 0 Å². The van der Waals surface area contributed by atoms with Crippen LogP contribution in [0, 0.1) is 0 Å². The van der Waals surface area contributed by atoms with Gasteiger partial charge in [0.15, 0.2) is 0 Å². The number of rotatable bonds is 9. The van der Waals surface area contributed by atoms with Crippen LogP contribution < -0.4 is 15.5 Å². The van der Waals surface area contributed by atoms with Crippen molar-refractivity contribution in [1.29, 1.82) is 0 Å². The van der Waals surface area contributed by atoms with Gasteiger partial charge in [-0.3, -0.25) is 9.59 Å². The van der Waals surface area contributed by atoms with E-state index in [4.69, 9.17) is 0 Å². The molecule has 0 unspecified atom stereocenters. The van der Waals surface area contributed by atoms with Crippen LogP contribution in [0.15, 0.2) is 60.7 Å². The predicted octanol–water partition coefficient (Wildman–Crippen LogP) is 4.76. The van der Waals surface area contributed by atoms with E-state index in [1.54, 1.807) is 0 Å². The predicted molar refractivity (Wildman–Crippen MR) is 140 cm³/mol. The highest BCUT2D eigenvalue weighted by Crippen LogP contribution is 2.28. The molecule has 0 aliphatic carbocycles. The molecule has 3 aromatic rings. The smallest absolute Gasteiger partial charge is 0.256 e. The van der Waals surface area contributed by atoms with E-state index in [1.165, 1.54) is 0 Å². The van der Waals surface area contributed by atoms with E-state index >= 15 is 0 Å². The summed E-state index contributed by atoms with van der Waals surface area (Å²) >= 11 is 0. The van der Waals surface area contributed by atoms with Gasteiger partial charge < -0.3 is 20.4 Å². The summed E-state index contributed by atoms with van der Waals surface area (Å²) in [5, 5.41) is 8.02. The van der Waals surface area contributed by atoms with E-state index in [9.17, 15) is 9.59 Å². The lowest BCUT2D eigenvalue weighted by molar-refractivity contribution is 0.0948. The Morgan fingerprint density at radius 1 is 0.882 bits per heavy atom. The molecule has 1 saturated heterocycles. The molecule has 3 aromatic carbocycles. The first-order valence-electron chi connectivity index (χ1n) is 12.3. The first-order chi connectivity index (χ1) is 16.6. The van der Waals surface area contributed by atoms with Gasteiger partial charge in [0.25, 0.3) is 11.8 Å². The summed E-state index contributed by atoms with van der Waals surface area (Å²) in [6.45, 7) is 9.46. The molecule has 0 aromatic heterocycles. The molecule has 6 nitrogen and oxygen atoms in total. The third kappa shape index (κ3) is 5.39. The number of amides is 2.